The Hall–Kier alpha value is -2.89. The molecule has 2 aromatic heterocycles. The second-order valence-corrected chi connectivity index (χ2v) is 10.5. The van der Waals surface area contributed by atoms with E-state index in [1.165, 1.54) is 23.1 Å². The summed E-state index contributed by atoms with van der Waals surface area (Å²) in [6, 6.07) is 12.1. The summed E-state index contributed by atoms with van der Waals surface area (Å²) in [6.45, 7) is 5.87. The van der Waals surface area contributed by atoms with E-state index in [0.29, 0.717) is 34.8 Å². The molecule has 0 bridgehead atoms. The molecule has 0 aliphatic heterocycles. The van der Waals surface area contributed by atoms with E-state index in [1.54, 1.807) is 17.6 Å². The van der Waals surface area contributed by atoms with Crippen molar-refractivity contribution >= 4 is 39.2 Å². The Bertz CT molecular complexity index is 1270. The number of allylic oxidation sites excluding steroid dienone is 1. The monoisotopic (exact) mass is 478 g/mol. The Morgan fingerprint density at radius 3 is 2.76 bits per heavy atom. The molecule has 2 heterocycles. The van der Waals surface area contributed by atoms with Gasteiger partial charge in [0.1, 0.15) is 10.4 Å². The number of thiophene rings is 1. The first-order valence-corrected chi connectivity index (χ1v) is 12.8. The first kappa shape index (κ1) is 23.3. The molecule has 170 valence electrons. The number of hydrogen-bond acceptors (Lipinski definition) is 6. The van der Waals surface area contributed by atoms with E-state index in [9.17, 15) is 14.9 Å². The number of nitriles is 1. The fourth-order valence-corrected chi connectivity index (χ4v) is 6.09. The molecule has 33 heavy (non-hydrogen) atoms. The predicted octanol–water partition coefficient (Wildman–Crippen LogP) is 5.13. The van der Waals surface area contributed by atoms with Gasteiger partial charge < -0.3 is 5.32 Å². The number of benzene rings is 1. The third-order valence-corrected chi connectivity index (χ3v) is 7.95. The van der Waals surface area contributed by atoms with Crippen molar-refractivity contribution in [2.75, 3.05) is 0 Å². The Morgan fingerprint density at radius 1 is 1.36 bits per heavy atom. The van der Waals surface area contributed by atoms with Crippen LogP contribution in [-0.2, 0) is 11.3 Å². The number of carbonyl (C=O) groups is 1. The first-order valence-electron chi connectivity index (χ1n) is 11.1. The van der Waals surface area contributed by atoms with Crippen LogP contribution in [0.4, 0.5) is 0 Å². The zero-order chi connectivity index (χ0) is 23.4. The van der Waals surface area contributed by atoms with Crippen molar-refractivity contribution in [3.63, 3.8) is 0 Å². The molecule has 4 rings (SSSR count). The van der Waals surface area contributed by atoms with Crippen LogP contribution in [0.25, 0.3) is 21.3 Å². The predicted molar refractivity (Wildman–Crippen MR) is 134 cm³/mol. The highest BCUT2D eigenvalue weighted by Crippen LogP contribution is 2.33. The van der Waals surface area contributed by atoms with Crippen LogP contribution in [-0.4, -0.2) is 26.2 Å². The number of rotatable bonds is 7. The molecular weight excluding hydrogens is 452 g/mol. The van der Waals surface area contributed by atoms with Crippen molar-refractivity contribution < 1.29 is 4.79 Å². The van der Waals surface area contributed by atoms with E-state index in [0.717, 1.165) is 30.4 Å². The standard InChI is InChI=1S/C25H26N4O2S2/c1-3-14-29-23(31)20-19(18-10-6-4-7-11-18)15-32-22(20)27-24(29)33-17(2)21(30)28-25(16-26)12-8-5-9-13-25/h3-4,6-7,10-11,15,17H,1,5,8-9,12-14H2,2H3,(H,28,30). The average molecular weight is 479 g/mol. The van der Waals surface area contributed by atoms with Gasteiger partial charge in [0.2, 0.25) is 5.91 Å². The summed E-state index contributed by atoms with van der Waals surface area (Å²) in [6.07, 6.45) is 5.98. The van der Waals surface area contributed by atoms with E-state index in [4.69, 9.17) is 4.98 Å². The SMILES string of the molecule is C=CCn1c(SC(C)C(=O)NC2(C#N)CCCCC2)nc2scc(-c3ccccc3)c2c1=O. The van der Waals surface area contributed by atoms with E-state index < -0.39 is 10.8 Å². The molecule has 1 aliphatic rings. The molecule has 1 unspecified atom stereocenters. The van der Waals surface area contributed by atoms with Gasteiger partial charge in [-0.25, -0.2) is 4.98 Å². The van der Waals surface area contributed by atoms with Gasteiger partial charge in [-0.1, -0.05) is 67.4 Å². The topological polar surface area (TPSA) is 87.8 Å². The Balaban J connectivity index is 1.65. The second-order valence-electron chi connectivity index (χ2n) is 8.30. The minimum Gasteiger partial charge on any atom is -0.337 e. The summed E-state index contributed by atoms with van der Waals surface area (Å²) in [7, 11) is 0. The molecular formula is C25H26N4O2S2. The van der Waals surface area contributed by atoms with Crippen LogP contribution in [0.2, 0.25) is 0 Å². The molecule has 1 fully saturated rings. The van der Waals surface area contributed by atoms with Crippen LogP contribution in [0.1, 0.15) is 39.0 Å². The summed E-state index contributed by atoms with van der Waals surface area (Å²) in [4.78, 5) is 31.9. The largest absolute Gasteiger partial charge is 0.337 e. The van der Waals surface area contributed by atoms with Crippen molar-refractivity contribution in [3.05, 3.63) is 58.7 Å². The molecule has 3 aromatic rings. The highest BCUT2D eigenvalue weighted by Gasteiger charge is 2.35. The molecule has 1 aliphatic carbocycles. The van der Waals surface area contributed by atoms with Crippen LogP contribution in [0.5, 0.6) is 0 Å². The molecule has 0 saturated heterocycles. The number of hydrogen-bond donors (Lipinski definition) is 1. The lowest BCUT2D eigenvalue weighted by molar-refractivity contribution is -0.121. The lowest BCUT2D eigenvalue weighted by atomic mass is 9.83. The lowest BCUT2D eigenvalue weighted by Crippen LogP contribution is -2.51. The molecule has 0 spiro atoms. The smallest absolute Gasteiger partial charge is 0.263 e. The summed E-state index contributed by atoms with van der Waals surface area (Å²) in [5.41, 5.74) is 0.897. The highest BCUT2D eigenvalue weighted by atomic mass is 32.2. The minimum atomic E-state index is -0.791. The third kappa shape index (κ3) is 4.75. The van der Waals surface area contributed by atoms with Crippen LogP contribution in [0, 0.1) is 11.3 Å². The van der Waals surface area contributed by atoms with Gasteiger partial charge in [-0.05, 0) is 25.3 Å². The summed E-state index contributed by atoms with van der Waals surface area (Å²) in [5, 5.41) is 15.2. The number of thioether (sulfide) groups is 1. The van der Waals surface area contributed by atoms with E-state index >= 15 is 0 Å². The third-order valence-electron chi connectivity index (χ3n) is 5.99. The Labute approximate surface area is 201 Å². The number of nitrogens with one attached hydrogen (secondary N) is 1. The van der Waals surface area contributed by atoms with Crippen LogP contribution in [0.15, 0.2) is 58.3 Å². The van der Waals surface area contributed by atoms with Gasteiger partial charge in [0.05, 0.1) is 16.7 Å². The highest BCUT2D eigenvalue weighted by molar-refractivity contribution is 8.00. The van der Waals surface area contributed by atoms with Gasteiger partial charge in [-0.2, -0.15) is 5.26 Å². The maximum absolute atomic E-state index is 13.5. The van der Waals surface area contributed by atoms with Crippen LogP contribution in [0.3, 0.4) is 0 Å². The summed E-state index contributed by atoms with van der Waals surface area (Å²) in [5.74, 6) is -0.209. The number of nitrogens with zero attached hydrogens (tertiary/aromatic N) is 3. The molecule has 6 nitrogen and oxygen atoms in total. The first-order chi connectivity index (χ1) is 16.0. The van der Waals surface area contributed by atoms with Gasteiger partial charge in [0, 0.05) is 17.5 Å². The fourth-order valence-electron chi connectivity index (χ4n) is 4.19. The van der Waals surface area contributed by atoms with E-state index in [-0.39, 0.29) is 11.5 Å². The van der Waals surface area contributed by atoms with Crippen molar-refractivity contribution in [2.24, 2.45) is 0 Å². The molecule has 8 heteroatoms. The zero-order valence-corrected chi connectivity index (χ0v) is 20.2. The van der Waals surface area contributed by atoms with Crippen molar-refractivity contribution in [2.45, 2.75) is 61.5 Å². The average Bonchev–Trinajstić information content (AvgIpc) is 3.26. The summed E-state index contributed by atoms with van der Waals surface area (Å²) >= 11 is 2.66. The number of aromatic nitrogens is 2. The van der Waals surface area contributed by atoms with Gasteiger partial charge in [0.15, 0.2) is 5.16 Å². The Kier molecular flexibility index (Phi) is 7.01. The zero-order valence-electron chi connectivity index (χ0n) is 18.5. The molecule has 0 radical (unpaired) electrons. The van der Waals surface area contributed by atoms with Gasteiger partial charge in [0.25, 0.3) is 5.56 Å². The molecule has 1 atom stereocenters. The Morgan fingerprint density at radius 2 is 2.09 bits per heavy atom. The molecule has 1 N–H and O–H groups in total. The van der Waals surface area contributed by atoms with Crippen molar-refractivity contribution in [3.8, 4) is 17.2 Å². The molecule has 1 aromatic carbocycles. The maximum Gasteiger partial charge on any atom is 0.263 e. The van der Waals surface area contributed by atoms with Crippen molar-refractivity contribution in [1.29, 1.82) is 5.26 Å². The lowest BCUT2D eigenvalue weighted by Gasteiger charge is -2.32. The fraction of sp³-hybridized carbons (Fsp3) is 0.360. The maximum atomic E-state index is 13.5. The number of fused-ring (bicyclic) bond motifs is 1. The van der Waals surface area contributed by atoms with E-state index in [1.807, 2.05) is 35.7 Å². The van der Waals surface area contributed by atoms with Gasteiger partial charge in [-0.3, -0.25) is 14.2 Å². The van der Waals surface area contributed by atoms with Gasteiger partial charge in [-0.15, -0.1) is 17.9 Å². The van der Waals surface area contributed by atoms with Gasteiger partial charge >= 0.3 is 0 Å². The van der Waals surface area contributed by atoms with Crippen LogP contribution >= 0.6 is 23.1 Å². The number of carbonyl (C=O) groups excluding carboxylic acids is 1. The molecule has 1 saturated carbocycles. The minimum absolute atomic E-state index is 0.143. The number of amides is 1. The van der Waals surface area contributed by atoms with Crippen LogP contribution < -0.4 is 10.9 Å². The summed E-state index contributed by atoms with van der Waals surface area (Å²) < 4.78 is 1.57. The van der Waals surface area contributed by atoms with Crippen molar-refractivity contribution in [1.82, 2.24) is 14.9 Å². The molecule has 1 amide bonds. The second kappa shape index (κ2) is 9.94. The normalized spacial score (nSPS) is 16.1. The van der Waals surface area contributed by atoms with E-state index in [2.05, 4.69) is 18.0 Å². The quantitative estimate of drug-likeness (QED) is 0.289.